The molecule has 0 bridgehead atoms. The van der Waals surface area contributed by atoms with E-state index in [1.54, 1.807) is 31.4 Å². The number of pyridine rings is 1. The fourth-order valence-corrected chi connectivity index (χ4v) is 2.30. The molecule has 6 heteroatoms. The van der Waals surface area contributed by atoms with Crippen LogP contribution in [0.5, 0.6) is 11.5 Å². The number of anilines is 2. The van der Waals surface area contributed by atoms with Crippen LogP contribution in [0.2, 0.25) is 0 Å². The molecule has 0 aliphatic carbocycles. The van der Waals surface area contributed by atoms with Crippen molar-refractivity contribution in [2.75, 3.05) is 12.4 Å². The summed E-state index contributed by atoms with van der Waals surface area (Å²) in [6.45, 7) is 0. The number of aromatic nitrogens is 1. The lowest BCUT2D eigenvalue weighted by Gasteiger charge is -2.12. The number of benzene rings is 2. The molecular weight excluding hydrogens is 294 g/mol. The average Bonchev–Trinajstić information content (AvgIpc) is 2.55. The molecule has 0 fully saturated rings. The van der Waals surface area contributed by atoms with E-state index in [0.717, 1.165) is 5.39 Å². The van der Waals surface area contributed by atoms with Gasteiger partial charge in [-0.3, -0.25) is 4.79 Å². The minimum absolute atomic E-state index is 0.152. The molecule has 0 unspecified atom stereocenters. The SMILES string of the molecule is COc1cccc2cc(C(N)=O)c(Nc3ccc(O)cc3)nc12. The zero-order valence-corrected chi connectivity index (χ0v) is 12.4. The molecule has 1 heterocycles. The third-order valence-corrected chi connectivity index (χ3v) is 3.42. The van der Waals surface area contributed by atoms with Crippen molar-refractivity contribution in [3.8, 4) is 11.5 Å². The van der Waals surface area contributed by atoms with Crippen molar-refractivity contribution < 1.29 is 14.6 Å². The monoisotopic (exact) mass is 309 g/mol. The molecule has 0 spiro atoms. The lowest BCUT2D eigenvalue weighted by Crippen LogP contribution is -2.14. The summed E-state index contributed by atoms with van der Waals surface area (Å²) in [4.78, 5) is 16.2. The highest BCUT2D eigenvalue weighted by molar-refractivity contribution is 6.02. The molecule has 116 valence electrons. The summed E-state index contributed by atoms with van der Waals surface area (Å²) in [5.74, 6) is 0.509. The number of hydrogen-bond acceptors (Lipinski definition) is 5. The molecule has 2 aromatic carbocycles. The quantitative estimate of drug-likeness (QED) is 0.644. The third-order valence-electron chi connectivity index (χ3n) is 3.42. The van der Waals surface area contributed by atoms with E-state index in [1.807, 2.05) is 12.1 Å². The number of methoxy groups -OCH3 is 1. The maximum atomic E-state index is 11.7. The number of fused-ring (bicyclic) bond motifs is 1. The van der Waals surface area contributed by atoms with Gasteiger partial charge in [0.15, 0.2) is 0 Å². The lowest BCUT2D eigenvalue weighted by molar-refractivity contribution is 0.100. The van der Waals surface area contributed by atoms with Crippen molar-refractivity contribution in [1.29, 1.82) is 0 Å². The Hall–Kier alpha value is -3.28. The number of nitrogens with one attached hydrogen (secondary N) is 1. The molecule has 23 heavy (non-hydrogen) atoms. The third kappa shape index (κ3) is 2.87. The van der Waals surface area contributed by atoms with Gasteiger partial charge in [0.1, 0.15) is 22.8 Å². The van der Waals surface area contributed by atoms with Crippen molar-refractivity contribution in [2.24, 2.45) is 5.73 Å². The molecule has 0 saturated carbocycles. The van der Waals surface area contributed by atoms with E-state index in [2.05, 4.69) is 10.3 Å². The second-order valence-electron chi connectivity index (χ2n) is 4.95. The Labute approximate surface area is 132 Å². The predicted octanol–water partition coefficient (Wildman–Crippen LogP) is 2.79. The van der Waals surface area contributed by atoms with E-state index < -0.39 is 5.91 Å². The molecule has 4 N–H and O–H groups in total. The van der Waals surface area contributed by atoms with Crippen LogP contribution in [0.1, 0.15) is 10.4 Å². The largest absolute Gasteiger partial charge is 0.508 e. The van der Waals surface area contributed by atoms with E-state index >= 15 is 0 Å². The second-order valence-corrected chi connectivity index (χ2v) is 4.95. The van der Waals surface area contributed by atoms with Gasteiger partial charge >= 0.3 is 0 Å². The van der Waals surface area contributed by atoms with Crippen LogP contribution < -0.4 is 15.8 Å². The predicted molar refractivity (Wildman–Crippen MR) is 88.2 cm³/mol. The zero-order valence-electron chi connectivity index (χ0n) is 12.4. The topological polar surface area (TPSA) is 97.5 Å². The first-order valence-electron chi connectivity index (χ1n) is 6.92. The van der Waals surface area contributed by atoms with Gasteiger partial charge < -0.3 is 20.9 Å². The zero-order chi connectivity index (χ0) is 16.4. The number of nitrogens with zero attached hydrogens (tertiary/aromatic N) is 1. The van der Waals surface area contributed by atoms with Gasteiger partial charge in [-0.05, 0) is 36.4 Å². The van der Waals surface area contributed by atoms with Crippen molar-refractivity contribution in [3.63, 3.8) is 0 Å². The smallest absolute Gasteiger partial charge is 0.252 e. The molecule has 1 amide bonds. The van der Waals surface area contributed by atoms with Crippen LogP contribution >= 0.6 is 0 Å². The van der Waals surface area contributed by atoms with Gasteiger partial charge in [0, 0.05) is 11.1 Å². The van der Waals surface area contributed by atoms with Gasteiger partial charge in [0.2, 0.25) is 0 Å². The molecule has 0 radical (unpaired) electrons. The number of hydrogen-bond donors (Lipinski definition) is 3. The second kappa shape index (κ2) is 5.84. The number of carbonyl (C=O) groups is 1. The van der Waals surface area contributed by atoms with E-state index in [-0.39, 0.29) is 11.3 Å². The summed E-state index contributed by atoms with van der Waals surface area (Å²) >= 11 is 0. The number of rotatable bonds is 4. The first-order valence-corrected chi connectivity index (χ1v) is 6.92. The fourth-order valence-electron chi connectivity index (χ4n) is 2.30. The van der Waals surface area contributed by atoms with Crippen molar-refractivity contribution in [3.05, 3.63) is 54.1 Å². The summed E-state index contributed by atoms with van der Waals surface area (Å²) < 4.78 is 5.31. The van der Waals surface area contributed by atoms with Gasteiger partial charge in [-0.2, -0.15) is 0 Å². The molecule has 3 aromatic rings. The number of nitrogens with two attached hydrogens (primary N) is 1. The average molecular weight is 309 g/mol. The van der Waals surface area contributed by atoms with Crippen molar-refractivity contribution >= 4 is 28.3 Å². The number of amides is 1. The number of aromatic hydroxyl groups is 1. The number of phenolic OH excluding ortho intramolecular Hbond substituents is 1. The van der Waals surface area contributed by atoms with E-state index in [1.165, 1.54) is 12.1 Å². The van der Waals surface area contributed by atoms with E-state index in [0.29, 0.717) is 22.8 Å². The van der Waals surface area contributed by atoms with Crippen LogP contribution in [-0.2, 0) is 0 Å². The number of primary amides is 1. The Balaban J connectivity index is 2.14. The van der Waals surface area contributed by atoms with E-state index in [4.69, 9.17) is 10.5 Å². The van der Waals surface area contributed by atoms with Gasteiger partial charge in [-0.1, -0.05) is 12.1 Å². The maximum Gasteiger partial charge on any atom is 0.252 e. The number of carbonyl (C=O) groups excluding carboxylic acids is 1. The van der Waals surface area contributed by atoms with E-state index in [9.17, 15) is 9.90 Å². The first kappa shape index (κ1) is 14.6. The maximum absolute atomic E-state index is 11.7. The summed E-state index contributed by atoms with van der Waals surface area (Å²) in [7, 11) is 1.56. The molecule has 0 aliphatic heterocycles. The molecular formula is C17H15N3O3. The molecule has 0 saturated heterocycles. The molecule has 1 aromatic heterocycles. The van der Waals surface area contributed by atoms with Gasteiger partial charge in [0.25, 0.3) is 5.91 Å². The summed E-state index contributed by atoms with van der Waals surface area (Å²) in [6.07, 6.45) is 0. The Morgan fingerprint density at radius 1 is 1.22 bits per heavy atom. The Bertz CT molecular complexity index is 876. The standard InChI is InChI=1S/C17H15N3O3/c1-23-14-4-2-3-10-9-13(16(18)22)17(20-15(10)14)19-11-5-7-12(21)8-6-11/h2-9,21H,1H3,(H2,18,22)(H,19,20). The van der Waals surface area contributed by atoms with Crippen LogP contribution in [0.15, 0.2) is 48.5 Å². The molecule has 6 nitrogen and oxygen atoms in total. The Morgan fingerprint density at radius 3 is 2.61 bits per heavy atom. The van der Waals surface area contributed by atoms with Gasteiger partial charge in [-0.15, -0.1) is 0 Å². The van der Waals surface area contributed by atoms with Crippen LogP contribution in [-0.4, -0.2) is 23.1 Å². The summed E-state index contributed by atoms with van der Waals surface area (Å²) in [5, 5.41) is 13.1. The van der Waals surface area contributed by atoms with Crippen LogP contribution in [0.3, 0.4) is 0 Å². The van der Waals surface area contributed by atoms with Crippen LogP contribution in [0.4, 0.5) is 11.5 Å². The highest BCUT2D eigenvalue weighted by atomic mass is 16.5. The lowest BCUT2D eigenvalue weighted by atomic mass is 10.1. The normalized spacial score (nSPS) is 10.5. The molecule has 0 aliphatic rings. The number of phenols is 1. The highest BCUT2D eigenvalue weighted by Crippen LogP contribution is 2.29. The van der Waals surface area contributed by atoms with Crippen LogP contribution in [0, 0.1) is 0 Å². The van der Waals surface area contributed by atoms with Gasteiger partial charge in [0.05, 0.1) is 12.7 Å². The molecule has 0 atom stereocenters. The van der Waals surface area contributed by atoms with Crippen molar-refractivity contribution in [1.82, 2.24) is 4.98 Å². The molecule has 3 rings (SSSR count). The number of ether oxygens (including phenoxy) is 1. The Kier molecular flexibility index (Phi) is 3.72. The fraction of sp³-hybridized carbons (Fsp3) is 0.0588. The Morgan fingerprint density at radius 2 is 1.96 bits per heavy atom. The van der Waals surface area contributed by atoms with Gasteiger partial charge in [-0.25, -0.2) is 4.98 Å². The summed E-state index contributed by atoms with van der Waals surface area (Å²) in [6, 6.07) is 13.5. The highest BCUT2D eigenvalue weighted by Gasteiger charge is 2.14. The first-order chi connectivity index (χ1) is 11.1. The van der Waals surface area contributed by atoms with Crippen LogP contribution in [0.25, 0.3) is 10.9 Å². The minimum atomic E-state index is -0.580. The van der Waals surface area contributed by atoms with Crippen molar-refractivity contribution in [2.45, 2.75) is 0 Å². The minimum Gasteiger partial charge on any atom is -0.508 e. The summed E-state index contributed by atoms with van der Waals surface area (Å²) in [5.41, 5.74) is 7.04. The number of para-hydroxylation sites is 1.